The van der Waals surface area contributed by atoms with Crippen LogP contribution in [0.3, 0.4) is 0 Å². The largest absolute Gasteiger partial charge is 0.374 e. The maximum atomic E-state index is 5.98. The highest BCUT2D eigenvalue weighted by molar-refractivity contribution is 5.92. The lowest BCUT2D eigenvalue weighted by molar-refractivity contribution is -0.0261. The van der Waals surface area contributed by atoms with Gasteiger partial charge in [0.2, 0.25) is 0 Å². The number of aliphatic imine (C=N–C) groups is 1. The summed E-state index contributed by atoms with van der Waals surface area (Å²) in [4.78, 5) is 6.88. The summed E-state index contributed by atoms with van der Waals surface area (Å²) in [7, 11) is 0. The van der Waals surface area contributed by atoms with Crippen molar-refractivity contribution in [3.63, 3.8) is 0 Å². The summed E-state index contributed by atoms with van der Waals surface area (Å²) in [5.41, 5.74) is 8.26. The van der Waals surface area contributed by atoms with Crippen molar-refractivity contribution in [1.29, 1.82) is 0 Å². The Hall–Kier alpha value is -1.59. The van der Waals surface area contributed by atoms with E-state index in [4.69, 9.17) is 10.5 Å². The normalized spacial score (nSPS) is 20.0. The average molecular weight is 318 g/mol. The number of nitrogens with two attached hydrogens (primary N) is 1. The Morgan fingerprint density at radius 3 is 2.78 bits per heavy atom. The molecule has 1 aromatic carbocycles. The standard InChI is InChI=1S/C18H30N4O/c1-4-15-5-7-16(8-6-15)21-18(19)20-11-17-13-22(9-10-23-17)12-14(2)3/h5-8,14,17H,4,9-13H2,1-3H3,(H3,19,20,21). The number of aryl methyl sites for hydroxylation is 1. The maximum Gasteiger partial charge on any atom is 0.193 e. The summed E-state index contributed by atoms with van der Waals surface area (Å²) in [6.45, 7) is 11.1. The molecule has 5 nitrogen and oxygen atoms in total. The Kier molecular flexibility index (Phi) is 6.86. The third-order valence-corrected chi connectivity index (χ3v) is 3.95. The summed E-state index contributed by atoms with van der Waals surface area (Å²) in [5, 5.41) is 3.13. The lowest BCUT2D eigenvalue weighted by atomic mass is 10.1. The van der Waals surface area contributed by atoms with Crippen molar-refractivity contribution >= 4 is 11.6 Å². The van der Waals surface area contributed by atoms with Gasteiger partial charge in [0.25, 0.3) is 0 Å². The average Bonchev–Trinajstić information content (AvgIpc) is 2.53. The van der Waals surface area contributed by atoms with Crippen LogP contribution in [0.4, 0.5) is 5.69 Å². The van der Waals surface area contributed by atoms with Crippen molar-refractivity contribution in [2.45, 2.75) is 33.3 Å². The highest BCUT2D eigenvalue weighted by Gasteiger charge is 2.20. The molecule has 5 heteroatoms. The van der Waals surface area contributed by atoms with E-state index in [0.29, 0.717) is 18.4 Å². The van der Waals surface area contributed by atoms with Gasteiger partial charge in [-0.3, -0.25) is 9.89 Å². The van der Waals surface area contributed by atoms with Gasteiger partial charge in [-0.15, -0.1) is 0 Å². The van der Waals surface area contributed by atoms with Crippen LogP contribution < -0.4 is 11.1 Å². The lowest BCUT2D eigenvalue weighted by Gasteiger charge is -2.33. The second kappa shape index (κ2) is 8.89. The van der Waals surface area contributed by atoms with E-state index in [0.717, 1.165) is 38.3 Å². The minimum absolute atomic E-state index is 0.130. The van der Waals surface area contributed by atoms with E-state index in [9.17, 15) is 0 Å². The van der Waals surface area contributed by atoms with E-state index in [-0.39, 0.29) is 6.10 Å². The molecule has 1 heterocycles. The predicted molar refractivity (Wildman–Crippen MR) is 97.0 cm³/mol. The number of anilines is 1. The third-order valence-electron chi connectivity index (χ3n) is 3.95. The number of guanidine groups is 1. The molecule has 128 valence electrons. The van der Waals surface area contributed by atoms with Gasteiger partial charge in [-0.05, 0) is 30.0 Å². The van der Waals surface area contributed by atoms with Crippen molar-refractivity contribution in [1.82, 2.24) is 4.90 Å². The van der Waals surface area contributed by atoms with Crippen molar-refractivity contribution in [2.75, 3.05) is 38.1 Å². The topological polar surface area (TPSA) is 62.9 Å². The van der Waals surface area contributed by atoms with Crippen LogP contribution in [0.1, 0.15) is 26.3 Å². The molecule has 2 rings (SSSR count). The molecule has 1 aliphatic heterocycles. The zero-order chi connectivity index (χ0) is 16.7. The van der Waals surface area contributed by atoms with Gasteiger partial charge in [0, 0.05) is 25.3 Å². The van der Waals surface area contributed by atoms with Gasteiger partial charge < -0.3 is 15.8 Å². The summed E-state index contributed by atoms with van der Waals surface area (Å²) in [5.74, 6) is 1.12. The van der Waals surface area contributed by atoms with Gasteiger partial charge in [-0.25, -0.2) is 0 Å². The van der Waals surface area contributed by atoms with E-state index in [1.807, 2.05) is 12.1 Å². The summed E-state index contributed by atoms with van der Waals surface area (Å²) < 4.78 is 5.79. The molecular formula is C18H30N4O. The summed E-state index contributed by atoms with van der Waals surface area (Å²) in [6, 6.07) is 8.26. The molecule has 1 unspecified atom stereocenters. The Morgan fingerprint density at radius 2 is 2.13 bits per heavy atom. The predicted octanol–water partition coefficient (Wildman–Crippen LogP) is 2.33. The molecule has 0 spiro atoms. The van der Waals surface area contributed by atoms with Crippen LogP contribution in [0, 0.1) is 5.92 Å². The molecule has 0 radical (unpaired) electrons. The summed E-state index contributed by atoms with van der Waals surface area (Å²) >= 11 is 0. The highest BCUT2D eigenvalue weighted by atomic mass is 16.5. The molecule has 0 saturated carbocycles. The minimum Gasteiger partial charge on any atom is -0.374 e. The lowest BCUT2D eigenvalue weighted by Crippen LogP contribution is -2.45. The van der Waals surface area contributed by atoms with Gasteiger partial charge >= 0.3 is 0 Å². The monoisotopic (exact) mass is 318 g/mol. The Labute approximate surface area is 139 Å². The van der Waals surface area contributed by atoms with E-state index in [1.165, 1.54) is 5.56 Å². The van der Waals surface area contributed by atoms with Crippen LogP contribution in [0.15, 0.2) is 29.3 Å². The number of ether oxygens (including phenoxy) is 1. The number of morpholine rings is 1. The number of hydrogen-bond donors (Lipinski definition) is 2. The first-order valence-corrected chi connectivity index (χ1v) is 8.56. The van der Waals surface area contributed by atoms with E-state index < -0.39 is 0 Å². The SMILES string of the molecule is CCc1ccc(NC(N)=NCC2CN(CC(C)C)CCO2)cc1. The van der Waals surface area contributed by atoms with Crippen molar-refractivity contribution in [3.05, 3.63) is 29.8 Å². The molecule has 23 heavy (non-hydrogen) atoms. The van der Waals surface area contributed by atoms with Crippen LogP contribution in [0.5, 0.6) is 0 Å². The molecule has 1 saturated heterocycles. The van der Waals surface area contributed by atoms with E-state index >= 15 is 0 Å². The number of hydrogen-bond acceptors (Lipinski definition) is 3. The molecule has 0 bridgehead atoms. The second-order valence-electron chi connectivity index (χ2n) is 6.55. The Balaban J connectivity index is 1.81. The fourth-order valence-corrected chi connectivity index (χ4v) is 2.78. The first-order valence-electron chi connectivity index (χ1n) is 8.56. The zero-order valence-corrected chi connectivity index (χ0v) is 14.6. The van der Waals surface area contributed by atoms with Crippen molar-refractivity contribution in [2.24, 2.45) is 16.6 Å². The Morgan fingerprint density at radius 1 is 1.39 bits per heavy atom. The van der Waals surface area contributed by atoms with E-state index in [1.54, 1.807) is 0 Å². The van der Waals surface area contributed by atoms with Gasteiger partial charge in [0.15, 0.2) is 5.96 Å². The molecule has 1 atom stereocenters. The maximum absolute atomic E-state index is 5.98. The van der Waals surface area contributed by atoms with Crippen LogP contribution in [-0.2, 0) is 11.2 Å². The molecule has 0 aliphatic carbocycles. The third kappa shape index (κ3) is 6.20. The number of nitrogens with zero attached hydrogens (tertiary/aromatic N) is 2. The fourth-order valence-electron chi connectivity index (χ4n) is 2.78. The quantitative estimate of drug-likeness (QED) is 0.624. The van der Waals surface area contributed by atoms with Crippen molar-refractivity contribution in [3.8, 4) is 0 Å². The van der Waals surface area contributed by atoms with Crippen LogP contribution in [-0.4, -0.2) is 49.7 Å². The zero-order valence-electron chi connectivity index (χ0n) is 14.6. The highest BCUT2D eigenvalue weighted by Crippen LogP contribution is 2.10. The van der Waals surface area contributed by atoms with Crippen LogP contribution in [0.2, 0.25) is 0 Å². The fraction of sp³-hybridized carbons (Fsp3) is 0.611. The smallest absolute Gasteiger partial charge is 0.193 e. The molecule has 1 fully saturated rings. The summed E-state index contributed by atoms with van der Waals surface area (Å²) in [6.07, 6.45) is 1.17. The van der Waals surface area contributed by atoms with Crippen LogP contribution >= 0.6 is 0 Å². The Bertz CT molecular complexity index is 498. The minimum atomic E-state index is 0.130. The van der Waals surface area contributed by atoms with Gasteiger partial charge in [-0.1, -0.05) is 32.9 Å². The first-order chi connectivity index (χ1) is 11.1. The molecule has 0 aromatic heterocycles. The molecule has 1 aromatic rings. The second-order valence-corrected chi connectivity index (χ2v) is 6.55. The molecular weight excluding hydrogens is 288 g/mol. The van der Waals surface area contributed by atoms with Gasteiger partial charge in [0.05, 0.1) is 19.3 Å². The van der Waals surface area contributed by atoms with Gasteiger partial charge in [0.1, 0.15) is 0 Å². The first kappa shape index (κ1) is 17.8. The van der Waals surface area contributed by atoms with Crippen molar-refractivity contribution < 1.29 is 4.74 Å². The number of benzene rings is 1. The van der Waals surface area contributed by atoms with Crippen LogP contribution in [0.25, 0.3) is 0 Å². The number of nitrogens with one attached hydrogen (secondary N) is 1. The molecule has 0 amide bonds. The molecule has 1 aliphatic rings. The molecule has 3 N–H and O–H groups in total. The number of rotatable bonds is 6. The van der Waals surface area contributed by atoms with E-state index in [2.05, 4.69) is 48.1 Å². The van der Waals surface area contributed by atoms with Gasteiger partial charge in [-0.2, -0.15) is 0 Å².